The van der Waals surface area contributed by atoms with Crippen molar-refractivity contribution in [3.05, 3.63) is 0 Å². The maximum Gasteiger partial charge on any atom is 0.112 e. The quantitative estimate of drug-likeness (QED) is 0.148. The van der Waals surface area contributed by atoms with Crippen molar-refractivity contribution in [2.75, 3.05) is 30.6 Å². The summed E-state index contributed by atoms with van der Waals surface area (Å²) in [7, 11) is 0. The first-order valence-electron chi connectivity index (χ1n) is 9.73. The van der Waals surface area contributed by atoms with Gasteiger partial charge in [-0.2, -0.15) is 0 Å². The van der Waals surface area contributed by atoms with Crippen LogP contribution in [0, 0.1) is 0 Å². The fourth-order valence-corrected chi connectivity index (χ4v) is 3.60. The van der Waals surface area contributed by atoms with E-state index in [4.69, 9.17) is 0 Å². The molecule has 134 valence electrons. The summed E-state index contributed by atoms with van der Waals surface area (Å²) in [6, 6.07) is 0. The van der Waals surface area contributed by atoms with E-state index in [2.05, 4.69) is 43.4 Å². The molecule has 0 saturated heterocycles. The van der Waals surface area contributed by atoms with Crippen LogP contribution in [-0.2, 0) is 0 Å². The average Bonchev–Trinajstić information content (AvgIpc) is 2.55. The molecule has 0 fully saturated rings. The van der Waals surface area contributed by atoms with Crippen LogP contribution in [0.2, 0.25) is 0 Å². The molecule has 3 heteroatoms. The standard InChI is InChI=1S/C19H41INO/c1-4-7-8-9-10-11-12-13-14-15-16-21(5-2,6-3)18-19(22)17-20/h19,22H,4-18H2,1-3H3/q+1. The van der Waals surface area contributed by atoms with Crippen LogP contribution in [0.4, 0.5) is 0 Å². The third kappa shape index (κ3) is 11.2. The van der Waals surface area contributed by atoms with Crippen molar-refractivity contribution in [3.8, 4) is 0 Å². The summed E-state index contributed by atoms with van der Waals surface area (Å²) in [6.07, 6.45) is 13.9. The number of nitrogens with zero attached hydrogens (tertiary/aromatic N) is 1. The predicted molar refractivity (Wildman–Crippen MR) is 108 cm³/mol. The van der Waals surface area contributed by atoms with Gasteiger partial charge >= 0.3 is 0 Å². The van der Waals surface area contributed by atoms with Gasteiger partial charge in [-0.15, -0.1) is 0 Å². The lowest BCUT2D eigenvalue weighted by atomic mass is 10.1. The van der Waals surface area contributed by atoms with E-state index in [0.717, 1.165) is 28.5 Å². The largest absolute Gasteiger partial charge is 0.386 e. The van der Waals surface area contributed by atoms with E-state index in [-0.39, 0.29) is 6.10 Å². The molecule has 0 amide bonds. The Balaban J connectivity index is 3.68. The van der Waals surface area contributed by atoms with E-state index >= 15 is 0 Å². The molecule has 0 rings (SSSR count). The molecule has 0 aromatic rings. The summed E-state index contributed by atoms with van der Waals surface area (Å²) < 4.78 is 1.96. The van der Waals surface area contributed by atoms with Crippen LogP contribution in [0.15, 0.2) is 0 Å². The number of hydrogen-bond donors (Lipinski definition) is 1. The van der Waals surface area contributed by atoms with Gasteiger partial charge in [-0.25, -0.2) is 0 Å². The highest BCUT2D eigenvalue weighted by atomic mass is 127. The lowest BCUT2D eigenvalue weighted by Gasteiger charge is -2.38. The SMILES string of the molecule is CCCCCCCCCCCC[N+](CC)(CC)CC(O)CI. The minimum atomic E-state index is -0.136. The molecule has 1 atom stereocenters. The molecular weight excluding hydrogens is 385 g/mol. The molecule has 0 aliphatic carbocycles. The molecule has 1 unspecified atom stereocenters. The second-order valence-electron chi connectivity index (χ2n) is 6.87. The first kappa shape index (κ1) is 22.6. The molecule has 0 saturated carbocycles. The Morgan fingerprint density at radius 3 is 1.64 bits per heavy atom. The van der Waals surface area contributed by atoms with Gasteiger partial charge in [0.15, 0.2) is 0 Å². The molecule has 0 heterocycles. The zero-order chi connectivity index (χ0) is 16.7. The number of rotatable bonds is 16. The van der Waals surface area contributed by atoms with Gasteiger partial charge < -0.3 is 9.59 Å². The molecule has 22 heavy (non-hydrogen) atoms. The van der Waals surface area contributed by atoms with Gasteiger partial charge in [0.2, 0.25) is 0 Å². The monoisotopic (exact) mass is 426 g/mol. The van der Waals surface area contributed by atoms with E-state index in [9.17, 15) is 5.11 Å². The van der Waals surface area contributed by atoms with Crippen LogP contribution in [0.1, 0.15) is 85.0 Å². The number of aliphatic hydroxyl groups is 1. The van der Waals surface area contributed by atoms with Crippen LogP contribution in [0.25, 0.3) is 0 Å². The number of alkyl halides is 1. The van der Waals surface area contributed by atoms with Crippen molar-refractivity contribution >= 4 is 22.6 Å². The van der Waals surface area contributed by atoms with Crippen molar-refractivity contribution in [3.63, 3.8) is 0 Å². The van der Waals surface area contributed by atoms with Gasteiger partial charge in [-0.3, -0.25) is 0 Å². The molecule has 0 spiro atoms. The Kier molecular flexibility index (Phi) is 15.6. The maximum atomic E-state index is 9.99. The van der Waals surface area contributed by atoms with Gasteiger partial charge in [0.1, 0.15) is 12.6 Å². The molecule has 0 aromatic heterocycles. The van der Waals surface area contributed by atoms with Crippen LogP contribution in [0.3, 0.4) is 0 Å². The van der Waals surface area contributed by atoms with E-state index in [1.54, 1.807) is 0 Å². The highest BCUT2D eigenvalue weighted by molar-refractivity contribution is 14.1. The van der Waals surface area contributed by atoms with Crippen molar-refractivity contribution in [2.24, 2.45) is 0 Å². The van der Waals surface area contributed by atoms with Crippen molar-refractivity contribution in [1.82, 2.24) is 0 Å². The van der Waals surface area contributed by atoms with Gasteiger partial charge in [0, 0.05) is 4.43 Å². The Bertz CT molecular complexity index is 231. The average molecular weight is 426 g/mol. The first-order valence-corrected chi connectivity index (χ1v) is 11.3. The normalized spacial score (nSPS) is 13.5. The summed E-state index contributed by atoms with van der Waals surface area (Å²) in [5, 5.41) is 9.99. The van der Waals surface area contributed by atoms with Crippen LogP contribution < -0.4 is 0 Å². The Morgan fingerprint density at radius 2 is 1.23 bits per heavy atom. The fourth-order valence-electron chi connectivity index (χ4n) is 3.32. The molecule has 0 aliphatic heterocycles. The molecule has 0 bridgehead atoms. The minimum absolute atomic E-state index is 0.136. The lowest BCUT2D eigenvalue weighted by Crippen LogP contribution is -2.52. The number of quaternary nitrogens is 1. The number of halogens is 1. The van der Waals surface area contributed by atoms with Gasteiger partial charge in [0.25, 0.3) is 0 Å². The van der Waals surface area contributed by atoms with E-state index < -0.39 is 0 Å². The zero-order valence-corrected chi connectivity index (χ0v) is 17.6. The van der Waals surface area contributed by atoms with Gasteiger partial charge in [-0.1, -0.05) is 80.9 Å². The van der Waals surface area contributed by atoms with Crippen molar-refractivity contribution in [1.29, 1.82) is 0 Å². The summed E-state index contributed by atoms with van der Waals surface area (Å²) >= 11 is 2.30. The summed E-state index contributed by atoms with van der Waals surface area (Å²) in [5.74, 6) is 0. The Hall–Kier alpha value is 0.650. The van der Waals surface area contributed by atoms with E-state index in [0.29, 0.717) is 0 Å². The topological polar surface area (TPSA) is 20.2 Å². The van der Waals surface area contributed by atoms with Gasteiger partial charge in [0.05, 0.1) is 19.6 Å². The summed E-state index contributed by atoms with van der Waals surface area (Å²) in [5.41, 5.74) is 0. The summed E-state index contributed by atoms with van der Waals surface area (Å²) in [4.78, 5) is 0. The smallest absolute Gasteiger partial charge is 0.112 e. The molecule has 0 aromatic carbocycles. The zero-order valence-electron chi connectivity index (χ0n) is 15.5. The van der Waals surface area contributed by atoms with E-state index in [1.807, 2.05) is 0 Å². The summed E-state index contributed by atoms with van der Waals surface area (Å²) in [6.45, 7) is 11.3. The Morgan fingerprint density at radius 1 is 0.773 bits per heavy atom. The molecule has 0 radical (unpaired) electrons. The molecule has 2 nitrogen and oxygen atoms in total. The molecule has 1 N–H and O–H groups in total. The van der Waals surface area contributed by atoms with Crippen LogP contribution in [0.5, 0.6) is 0 Å². The van der Waals surface area contributed by atoms with Crippen LogP contribution in [-0.4, -0.2) is 46.3 Å². The van der Waals surface area contributed by atoms with Crippen molar-refractivity contribution in [2.45, 2.75) is 91.1 Å². The Labute approximate surface area is 153 Å². The number of likely N-dealkylation sites (N-methyl/N-ethyl adjacent to an activating group) is 1. The number of unbranched alkanes of at least 4 members (excludes halogenated alkanes) is 9. The highest BCUT2D eigenvalue weighted by Gasteiger charge is 2.25. The molecular formula is C19H41INO+. The van der Waals surface area contributed by atoms with Gasteiger partial charge in [-0.05, 0) is 26.7 Å². The molecule has 0 aliphatic rings. The number of hydrogen-bond acceptors (Lipinski definition) is 1. The third-order valence-electron chi connectivity index (χ3n) is 5.10. The third-order valence-corrected chi connectivity index (χ3v) is 6.12. The highest BCUT2D eigenvalue weighted by Crippen LogP contribution is 2.15. The second kappa shape index (κ2) is 15.2. The minimum Gasteiger partial charge on any atom is -0.386 e. The fraction of sp³-hybridized carbons (Fsp3) is 1.00. The van der Waals surface area contributed by atoms with Crippen LogP contribution >= 0.6 is 22.6 Å². The first-order chi connectivity index (χ1) is 10.6. The second-order valence-corrected chi connectivity index (χ2v) is 7.75. The lowest BCUT2D eigenvalue weighted by molar-refractivity contribution is -0.927. The number of aliphatic hydroxyl groups excluding tert-OH is 1. The predicted octanol–water partition coefficient (Wildman–Crippen LogP) is 5.56. The van der Waals surface area contributed by atoms with E-state index in [1.165, 1.54) is 70.8 Å². The maximum absolute atomic E-state index is 9.99. The van der Waals surface area contributed by atoms with Crippen molar-refractivity contribution < 1.29 is 9.59 Å².